The molecule has 0 unspecified atom stereocenters. The zero-order chi connectivity index (χ0) is 17.3. The third-order valence-electron chi connectivity index (χ3n) is 4.53. The largest absolute Gasteiger partial charge is 0.481 e. The molecule has 5 nitrogen and oxygen atoms in total. The predicted octanol–water partition coefficient (Wildman–Crippen LogP) is 3.79. The van der Waals surface area contributed by atoms with Crippen molar-refractivity contribution < 1.29 is 19.1 Å². The lowest BCUT2D eigenvalue weighted by atomic mass is 9.71. The molecule has 0 aliphatic heterocycles. The van der Waals surface area contributed by atoms with E-state index in [-0.39, 0.29) is 18.1 Å². The Bertz CT molecular complexity index is 792. The zero-order valence-electron chi connectivity index (χ0n) is 13.3. The van der Waals surface area contributed by atoms with Crippen LogP contribution in [0.25, 0.3) is 0 Å². The number of carboxylic acids is 1. The molecule has 2 N–H and O–H groups in total. The van der Waals surface area contributed by atoms with Crippen LogP contribution >= 0.6 is 15.9 Å². The maximum atomic E-state index is 12.8. The lowest BCUT2D eigenvalue weighted by Gasteiger charge is -2.43. The van der Waals surface area contributed by atoms with Gasteiger partial charge >= 0.3 is 5.97 Å². The summed E-state index contributed by atoms with van der Waals surface area (Å²) in [5, 5.41) is 12.1. The zero-order valence-corrected chi connectivity index (χ0v) is 14.9. The highest BCUT2D eigenvalue weighted by Crippen LogP contribution is 2.42. The molecular weight excluding hydrogens is 374 g/mol. The topological polar surface area (TPSA) is 79.5 Å². The van der Waals surface area contributed by atoms with Crippen molar-refractivity contribution >= 4 is 27.8 Å². The summed E-state index contributed by atoms with van der Waals surface area (Å²) < 4.78 is 6.23. The molecule has 126 valence electrons. The highest BCUT2D eigenvalue weighted by molar-refractivity contribution is 9.10. The third-order valence-corrected chi connectivity index (χ3v) is 5.02. The van der Waals surface area contributed by atoms with Crippen molar-refractivity contribution in [3.05, 3.63) is 57.5 Å². The lowest BCUT2D eigenvalue weighted by Crippen LogP contribution is -2.51. The van der Waals surface area contributed by atoms with Gasteiger partial charge in [0.15, 0.2) is 0 Å². The monoisotopic (exact) mass is 391 g/mol. The number of rotatable bonds is 5. The van der Waals surface area contributed by atoms with Gasteiger partial charge < -0.3 is 14.8 Å². The van der Waals surface area contributed by atoms with Gasteiger partial charge in [-0.05, 0) is 43.9 Å². The van der Waals surface area contributed by atoms with E-state index in [9.17, 15) is 9.59 Å². The van der Waals surface area contributed by atoms with Crippen LogP contribution in [0.15, 0.2) is 39.4 Å². The fourth-order valence-electron chi connectivity index (χ4n) is 3.15. The van der Waals surface area contributed by atoms with Crippen molar-refractivity contribution in [1.82, 2.24) is 5.32 Å². The van der Waals surface area contributed by atoms with Crippen molar-refractivity contribution in [2.24, 2.45) is 0 Å². The molecule has 1 amide bonds. The van der Waals surface area contributed by atoms with E-state index in [1.807, 2.05) is 24.3 Å². The second-order valence-electron chi connectivity index (χ2n) is 6.19. The molecule has 1 saturated carbocycles. The second-order valence-corrected chi connectivity index (χ2v) is 7.10. The highest BCUT2D eigenvalue weighted by Gasteiger charge is 2.41. The molecule has 2 aromatic rings. The molecule has 1 fully saturated rings. The quantitative estimate of drug-likeness (QED) is 0.812. The first-order chi connectivity index (χ1) is 11.4. The Kier molecular flexibility index (Phi) is 4.49. The minimum absolute atomic E-state index is 0.196. The van der Waals surface area contributed by atoms with Crippen molar-refractivity contribution in [1.29, 1.82) is 0 Å². The number of nitrogens with one attached hydrogen (secondary N) is 1. The van der Waals surface area contributed by atoms with E-state index in [1.165, 1.54) is 6.26 Å². The van der Waals surface area contributed by atoms with Crippen LogP contribution in [0, 0.1) is 6.92 Å². The summed E-state index contributed by atoms with van der Waals surface area (Å²) in [5.74, 6) is -1.11. The first-order valence-corrected chi connectivity index (χ1v) is 8.58. The van der Waals surface area contributed by atoms with Crippen LogP contribution < -0.4 is 5.32 Å². The van der Waals surface area contributed by atoms with Gasteiger partial charge in [0, 0.05) is 10.0 Å². The molecular formula is C18H18BrNO4. The molecule has 1 aromatic heterocycles. The van der Waals surface area contributed by atoms with Gasteiger partial charge in [-0.25, -0.2) is 0 Å². The lowest BCUT2D eigenvalue weighted by molar-refractivity contribution is -0.136. The smallest absolute Gasteiger partial charge is 0.311 e. The van der Waals surface area contributed by atoms with E-state index in [0.717, 1.165) is 29.3 Å². The fourth-order valence-corrected chi connectivity index (χ4v) is 3.55. The Morgan fingerprint density at radius 2 is 2.12 bits per heavy atom. The number of hydrogen-bond donors (Lipinski definition) is 2. The third kappa shape index (κ3) is 3.11. The number of carbonyl (C=O) groups is 2. The van der Waals surface area contributed by atoms with Gasteiger partial charge in [0.1, 0.15) is 12.2 Å². The van der Waals surface area contributed by atoms with Gasteiger partial charge in [0.2, 0.25) is 0 Å². The fraction of sp³-hybridized carbons (Fsp3) is 0.333. The van der Waals surface area contributed by atoms with Gasteiger partial charge in [-0.3, -0.25) is 9.59 Å². The molecule has 1 aliphatic rings. The Hall–Kier alpha value is -2.08. The van der Waals surface area contributed by atoms with Crippen LogP contribution in [0.2, 0.25) is 0 Å². The summed E-state index contributed by atoms with van der Waals surface area (Å²) in [7, 11) is 0. The number of aliphatic carboxylic acids is 1. The first-order valence-electron chi connectivity index (χ1n) is 7.78. The Morgan fingerprint density at radius 1 is 1.38 bits per heavy atom. The normalized spacial score (nSPS) is 15.6. The van der Waals surface area contributed by atoms with E-state index in [4.69, 9.17) is 9.52 Å². The van der Waals surface area contributed by atoms with E-state index in [1.54, 1.807) is 6.92 Å². The summed E-state index contributed by atoms with van der Waals surface area (Å²) >= 11 is 3.47. The standard InChI is InChI=1S/C18H18BrNO4/c1-11-10-24-14(9-15(21)22)16(11)17(23)20-18(6-3-7-18)12-4-2-5-13(19)8-12/h2,4-5,8,10H,3,6-7,9H2,1H3,(H,20,23)(H,21,22). The molecule has 0 bridgehead atoms. The van der Waals surface area contributed by atoms with Crippen LogP contribution in [-0.2, 0) is 16.8 Å². The molecule has 0 saturated heterocycles. The van der Waals surface area contributed by atoms with Gasteiger partial charge in [-0.2, -0.15) is 0 Å². The first kappa shape index (κ1) is 16.8. The van der Waals surface area contributed by atoms with Gasteiger partial charge in [0.25, 0.3) is 5.91 Å². The number of carboxylic acid groups (broad SMARTS) is 1. The average molecular weight is 392 g/mol. The van der Waals surface area contributed by atoms with Crippen LogP contribution in [0.4, 0.5) is 0 Å². The van der Waals surface area contributed by atoms with E-state index >= 15 is 0 Å². The average Bonchev–Trinajstić information content (AvgIpc) is 2.82. The Balaban J connectivity index is 1.89. The number of amides is 1. The number of furan rings is 1. The molecule has 1 aromatic carbocycles. The highest BCUT2D eigenvalue weighted by atomic mass is 79.9. The minimum Gasteiger partial charge on any atom is -0.481 e. The van der Waals surface area contributed by atoms with Gasteiger partial charge in [-0.1, -0.05) is 28.1 Å². The number of hydrogen-bond acceptors (Lipinski definition) is 3. The van der Waals surface area contributed by atoms with Crippen molar-refractivity contribution in [2.45, 2.75) is 38.1 Å². The minimum atomic E-state index is -1.02. The molecule has 1 heterocycles. The Labute approximate surface area is 148 Å². The van der Waals surface area contributed by atoms with Gasteiger partial charge in [0.05, 0.1) is 17.4 Å². The van der Waals surface area contributed by atoms with Crippen LogP contribution in [0.5, 0.6) is 0 Å². The van der Waals surface area contributed by atoms with Crippen LogP contribution in [-0.4, -0.2) is 17.0 Å². The van der Waals surface area contributed by atoms with E-state index in [0.29, 0.717) is 11.1 Å². The van der Waals surface area contributed by atoms with Crippen molar-refractivity contribution in [3.63, 3.8) is 0 Å². The number of aryl methyl sites for hydroxylation is 1. The Morgan fingerprint density at radius 3 is 2.71 bits per heavy atom. The molecule has 0 spiro atoms. The van der Waals surface area contributed by atoms with E-state index < -0.39 is 11.5 Å². The number of carbonyl (C=O) groups excluding carboxylic acids is 1. The summed E-state index contributed by atoms with van der Waals surface area (Å²) in [6.07, 6.45) is 3.89. The summed E-state index contributed by atoms with van der Waals surface area (Å²) in [5.41, 5.74) is 1.63. The molecule has 0 radical (unpaired) electrons. The molecule has 24 heavy (non-hydrogen) atoms. The summed E-state index contributed by atoms with van der Waals surface area (Å²) in [6.45, 7) is 1.75. The SMILES string of the molecule is Cc1coc(CC(=O)O)c1C(=O)NC1(c2cccc(Br)c2)CCC1. The molecule has 6 heteroatoms. The molecule has 1 aliphatic carbocycles. The van der Waals surface area contributed by atoms with Gasteiger partial charge in [-0.15, -0.1) is 0 Å². The molecule has 0 atom stereocenters. The number of benzene rings is 1. The summed E-state index contributed by atoms with van der Waals surface area (Å²) in [6, 6.07) is 7.91. The van der Waals surface area contributed by atoms with Crippen molar-refractivity contribution in [3.8, 4) is 0 Å². The maximum absolute atomic E-state index is 12.8. The number of halogens is 1. The summed E-state index contributed by atoms with van der Waals surface area (Å²) in [4.78, 5) is 23.8. The molecule has 3 rings (SSSR count). The second kappa shape index (κ2) is 6.43. The maximum Gasteiger partial charge on any atom is 0.311 e. The van der Waals surface area contributed by atoms with Crippen molar-refractivity contribution in [2.75, 3.05) is 0 Å². The predicted molar refractivity (Wildman–Crippen MR) is 91.9 cm³/mol. The van der Waals surface area contributed by atoms with Crippen LogP contribution in [0.3, 0.4) is 0 Å². The van der Waals surface area contributed by atoms with E-state index in [2.05, 4.69) is 21.2 Å². The van der Waals surface area contributed by atoms with Crippen LogP contribution in [0.1, 0.15) is 46.5 Å².